The standard InChI is InChI=1S/C4H13N3/c1-2-4(5)3-7-6/h4,7H,2-3,5-6H2,1H3. The van der Waals surface area contributed by atoms with Gasteiger partial charge in [0.25, 0.3) is 0 Å². The average Bonchev–Trinajstić information content (AvgIpc) is 1.68. The highest BCUT2D eigenvalue weighted by Gasteiger charge is 1.92. The highest BCUT2D eigenvalue weighted by Crippen LogP contribution is 1.79. The van der Waals surface area contributed by atoms with E-state index in [1.165, 1.54) is 0 Å². The van der Waals surface area contributed by atoms with Crippen molar-refractivity contribution in [3.05, 3.63) is 0 Å². The topological polar surface area (TPSA) is 64.1 Å². The summed E-state index contributed by atoms with van der Waals surface area (Å²) in [6.45, 7) is 2.73. The van der Waals surface area contributed by atoms with Crippen LogP contribution in [0.25, 0.3) is 0 Å². The molecule has 0 aromatic heterocycles. The average molecular weight is 103 g/mol. The van der Waals surface area contributed by atoms with Crippen LogP contribution in [0.15, 0.2) is 0 Å². The molecule has 0 bridgehead atoms. The number of nitrogens with one attached hydrogen (secondary N) is 1. The summed E-state index contributed by atoms with van der Waals surface area (Å²) in [5, 5.41) is 0. The fourth-order valence-corrected chi connectivity index (χ4v) is 0.296. The summed E-state index contributed by atoms with van der Waals surface area (Å²) in [5.74, 6) is 4.97. The molecule has 0 fully saturated rings. The molecule has 1 unspecified atom stereocenters. The number of hydrogen-bond acceptors (Lipinski definition) is 3. The first-order valence-corrected chi connectivity index (χ1v) is 2.50. The minimum absolute atomic E-state index is 0.213. The summed E-state index contributed by atoms with van der Waals surface area (Å²) in [7, 11) is 0. The zero-order chi connectivity index (χ0) is 5.70. The minimum Gasteiger partial charge on any atom is -0.327 e. The van der Waals surface area contributed by atoms with Crippen LogP contribution in [0.4, 0.5) is 0 Å². The Morgan fingerprint density at radius 2 is 2.29 bits per heavy atom. The highest BCUT2D eigenvalue weighted by molar-refractivity contribution is 4.57. The van der Waals surface area contributed by atoms with Crippen LogP contribution in [0.5, 0.6) is 0 Å². The fourth-order valence-electron chi connectivity index (χ4n) is 0.296. The lowest BCUT2D eigenvalue weighted by atomic mass is 10.2. The second-order valence-corrected chi connectivity index (χ2v) is 1.58. The van der Waals surface area contributed by atoms with Gasteiger partial charge in [-0.3, -0.25) is 11.3 Å². The summed E-state index contributed by atoms with van der Waals surface area (Å²) in [4.78, 5) is 0. The molecule has 1 atom stereocenters. The van der Waals surface area contributed by atoms with Crippen LogP contribution in [0.3, 0.4) is 0 Å². The van der Waals surface area contributed by atoms with Gasteiger partial charge < -0.3 is 5.73 Å². The van der Waals surface area contributed by atoms with Gasteiger partial charge in [-0.2, -0.15) is 0 Å². The van der Waals surface area contributed by atoms with Crippen LogP contribution in [-0.2, 0) is 0 Å². The molecular weight excluding hydrogens is 90.1 g/mol. The SMILES string of the molecule is CCC(N)CNN. The first-order valence-electron chi connectivity index (χ1n) is 2.50. The molecule has 5 N–H and O–H groups in total. The van der Waals surface area contributed by atoms with E-state index >= 15 is 0 Å². The van der Waals surface area contributed by atoms with Crippen molar-refractivity contribution in [3.63, 3.8) is 0 Å². The number of hydrogen-bond donors (Lipinski definition) is 3. The number of nitrogens with two attached hydrogens (primary N) is 2. The molecule has 0 radical (unpaired) electrons. The molecule has 0 aliphatic carbocycles. The molecule has 3 nitrogen and oxygen atoms in total. The Hall–Kier alpha value is -0.120. The molecule has 7 heavy (non-hydrogen) atoms. The van der Waals surface area contributed by atoms with Gasteiger partial charge in [0, 0.05) is 12.6 Å². The van der Waals surface area contributed by atoms with Gasteiger partial charge in [-0.25, -0.2) is 0 Å². The number of hydrazine groups is 1. The quantitative estimate of drug-likeness (QED) is 0.323. The molecule has 0 aromatic carbocycles. The molecule has 0 aromatic rings. The summed E-state index contributed by atoms with van der Waals surface area (Å²) in [6, 6.07) is 0.213. The second-order valence-electron chi connectivity index (χ2n) is 1.58. The summed E-state index contributed by atoms with van der Waals surface area (Å²) in [5.41, 5.74) is 7.93. The highest BCUT2D eigenvalue weighted by atomic mass is 15.2. The summed E-state index contributed by atoms with van der Waals surface area (Å²) >= 11 is 0. The van der Waals surface area contributed by atoms with E-state index in [-0.39, 0.29) is 6.04 Å². The van der Waals surface area contributed by atoms with E-state index in [9.17, 15) is 0 Å². The molecule has 3 heteroatoms. The van der Waals surface area contributed by atoms with Crippen molar-refractivity contribution in [2.45, 2.75) is 19.4 Å². The van der Waals surface area contributed by atoms with Crippen LogP contribution >= 0.6 is 0 Å². The van der Waals surface area contributed by atoms with Crippen molar-refractivity contribution >= 4 is 0 Å². The third kappa shape index (κ3) is 3.72. The maximum atomic E-state index is 5.44. The van der Waals surface area contributed by atoms with Crippen molar-refractivity contribution < 1.29 is 0 Å². The molecule has 44 valence electrons. The molecular formula is C4H13N3. The van der Waals surface area contributed by atoms with Gasteiger partial charge >= 0.3 is 0 Å². The lowest BCUT2D eigenvalue weighted by Gasteiger charge is -2.04. The van der Waals surface area contributed by atoms with Gasteiger partial charge in [-0.1, -0.05) is 6.92 Å². The van der Waals surface area contributed by atoms with Gasteiger partial charge in [0.2, 0.25) is 0 Å². The van der Waals surface area contributed by atoms with Gasteiger partial charge in [0.15, 0.2) is 0 Å². The maximum absolute atomic E-state index is 5.44. The van der Waals surface area contributed by atoms with Crippen LogP contribution in [-0.4, -0.2) is 12.6 Å². The van der Waals surface area contributed by atoms with E-state index in [0.29, 0.717) is 6.54 Å². The van der Waals surface area contributed by atoms with E-state index in [1.54, 1.807) is 0 Å². The van der Waals surface area contributed by atoms with E-state index in [2.05, 4.69) is 5.43 Å². The Kier molecular flexibility index (Phi) is 3.98. The maximum Gasteiger partial charge on any atom is 0.0249 e. The Bertz CT molecular complexity index is 37.9. The summed E-state index contributed by atoms with van der Waals surface area (Å²) in [6.07, 6.45) is 0.976. The van der Waals surface area contributed by atoms with Gasteiger partial charge in [-0.05, 0) is 6.42 Å². The Labute approximate surface area is 44.0 Å². The van der Waals surface area contributed by atoms with E-state index in [0.717, 1.165) is 6.42 Å². The zero-order valence-electron chi connectivity index (χ0n) is 4.65. The molecule has 0 rings (SSSR count). The molecule has 0 aliphatic heterocycles. The zero-order valence-corrected chi connectivity index (χ0v) is 4.65. The van der Waals surface area contributed by atoms with Crippen LogP contribution in [0.2, 0.25) is 0 Å². The molecule has 0 saturated carbocycles. The van der Waals surface area contributed by atoms with Crippen molar-refractivity contribution in [3.8, 4) is 0 Å². The first-order chi connectivity index (χ1) is 3.31. The van der Waals surface area contributed by atoms with E-state index in [4.69, 9.17) is 11.6 Å². The monoisotopic (exact) mass is 103 g/mol. The fraction of sp³-hybridized carbons (Fsp3) is 1.00. The lowest BCUT2D eigenvalue weighted by Crippen LogP contribution is -2.36. The van der Waals surface area contributed by atoms with Crippen molar-refractivity contribution in [1.82, 2.24) is 5.43 Å². The molecule has 0 heterocycles. The number of rotatable bonds is 3. The molecule has 0 amide bonds. The van der Waals surface area contributed by atoms with Crippen LogP contribution in [0, 0.1) is 0 Å². The molecule has 0 saturated heterocycles. The predicted molar refractivity (Wildman–Crippen MR) is 30.5 cm³/mol. The van der Waals surface area contributed by atoms with E-state index < -0.39 is 0 Å². The van der Waals surface area contributed by atoms with Gasteiger partial charge in [0.1, 0.15) is 0 Å². The molecule has 0 aliphatic rings. The Morgan fingerprint density at radius 3 is 2.43 bits per heavy atom. The predicted octanol–water partition coefficient (Wildman–Crippen LogP) is -0.813. The van der Waals surface area contributed by atoms with Gasteiger partial charge in [0.05, 0.1) is 0 Å². The lowest BCUT2D eigenvalue weighted by molar-refractivity contribution is 0.578. The minimum atomic E-state index is 0.213. The van der Waals surface area contributed by atoms with Crippen molar-refractivity contribution in [1.29, 1.82) is 0 Å². The Morgan fingerprint density at radius 1 is 1.71 bits per heavy atom. The third-order valence-electron chi connectivity index (χ3n) is 0.904. The Balaban J connectivity index is 2.83. The summed E-state index contributed by atoms with van der Waals surface area (Å²) < 4.78 is 0. The van der Waals surface area contributed by atoms with Crippen LogP contribution < -0.4 is 17.0 Å². The van der Waals surface area contributed by atoms with E-state index in [1.807, 2.05) is 6.92 Å². The van der Waals surface area contributed by atoms with Crippen molar-refractivity contribution in [2.24, 2.45) is 11.6 Å². The first kappa shape index (κ1) is 6.88. The normalized spacial score (nSPS) is 14.1. The van der Waals surface area contributed by atoms with Gasteiger partial charge in [-0.15, -0.1) is 0 Å². The largest absolute Gasteiger partial charge is 0.327 e. The third-order valence-corrected chi connectivity index (χ3v) is 0.904. The van der Waals surface area contributed by atoms with Crippen molar-refractivity contribution in [2.75, 3.05) is 6.54 Å². The molecule has 0 spiro atoms. The van der Waals surface area contributed by atoms with Crippen LogP contribution in [0.1, 0.15) is 13.3 Å². The smallest absolute Gasteiger partial charge is 0.0249 e. The second kappa shape index (κ2) is 4.05.